The molecule has 0 aromatic heterocycles. The van der Waals surface area contributed by atoms with Crippen molar-refractivity contribution >= 4 is 18.0 Å². The molecule has 2 fully saturated rings. The van der Waals surface area contributed by atoms with Crippen LogP contribution in [0.4, 0.5) is 0 Å². The monoisotopic (exact) mass is 298 g/mol. The summed E-state index contributed by atoms with van der Waals surface area (Å²) in [6.07, 6.45) is 9.02. The van der Waals surface area contributed by atoms with Crippen molar-refractivity contribution in [3.63, 3.8) is 0 Å². The lowest BCUT2D eigenvalue weighted by Gasteiger charge is -2.38. The average Bonchev–Trinajstić information content (AvgIpc) is 2.52. The van der Waals surface area contributed by atoms with Gasteiger partial charge in [0.25, 0.3) is 5.79 Å². The van der Waals surface area contributed by atoms with Crippen LogP contribution >= 0.6 is 0 Å². The summed E-state index contributed by atoms with van der Waals surface area (Å²) in [4.78, 5) is 24.2. The molecule has 3 rings (SSSR count). The van der Waals surface area contributed by atoms with E-state index in [0.29, 0.717) is 12.8 Å². The van der Waals surface area contributed by atoms with E-state index in [0.717, 1.165) is 24.8 Å². The standard InChI is InChI=1S/C18H18O4/c19-16-15(11-7-10-14-8-3-1-4-9-14)17(20)22-18(21-16)12-5-2-6-13-18/h1,3-4,7-11H,2,5-6,12-13H2. The summed E-state index contributed by atoms with van der Waals surface area (Å²) < 4.78 is 10.8. The Morgan fingerprint density at radius 1 is 0.909 bits per heavy atom. The summed E-state index contributed by atoms with van der Waals surface area (Å²) in [6.45, 7) is 0. The van der Waals surface area contributed by atoms with Gasteiger partial charge in [-0.2, -0.15) is 0 Å². The van der Waals surface area contributed by atoms with Crippen LogP contribution in [-0.2, 0) is 19.1 Å². The third-order valence-electron chi connectivity index (χ3n) is 3.96. The highest BCUT2D eigenvalue weighted by molar-refractivity contribution is 6.15. The van der Waals surface area contributed by atoms with Gasteiger partial charge in [-0.05, 0) is 24.5 Å². The number of rotatable bonds is 2. The molecule has 4 heteroatoms. The largest absolute Gasteiger partial charge is 0.419 e. The molecule has 1 saturated carbocycles. The highest BCUT2D eigenvalue weighted by atomic mass is 16.7. The molecule has 0 atom stereocenters. The zero-order valence-corrected chi connectivity index (χ0v) is 12.3. The van der Waals surface area contributed by atoms with Crippen molar-refractivity contribution in [2.75, 3.05) is 0 Å². The molecule has 1 aromatic carbocycles. The lowest BCUT2D eigenvalue weighted by atomic mass is 9.93. The second kappa shape index (κ2) is 6.18. The second-order valence-corrected chi connectivity index (χ2v) is 5.60. The van der Waals surface area contributed by atoms with Crippen LogP contribution in [0.15, 0.2) is 48.1 Å². The van der Waals surface area contributed by atoms with Crippen LogP contribution in [0.5, 0.6) is 0 Å². The summed E-state index contributed by atoms with van der Waals surface area (Å²) in [5, 5.41) is 0. The summed E-state index contributed by atoms with van der Waals surface area (Å²) in [6, 6.07) is 9.63. The normalized spacial score (nSPS) is 20.8. The molecule has 0 bridgehead atoms. The van der Waals surface area contributed by atoms with E-state index in [-0.39, 0.29) is 5.57 Å². The Hall–Kier alpha value is -2.36. The number of hydrogen-bond donors (Lipinski definition) is 0. The van der Waals surface area contributed by atoms with E-state index in [2.05, 4.69) is 0 Å². The van der Waals surface area contributed by atoms with Gasteiger partial charge in [-0.15, -0.1) is 0 Å². The number of allylic oxidation sites excluding steroid dienone is 2. The topological polar surface area (TPSA) is 52.6 Å². The third-order valence-corrected chi connectivity index (χ3v) is 3.96. The zero-order valence-electron chi connectivity index (χ0n) is 12.3. The second-order valence-electron chi connectivity index (χ2n) is 5.60. The molecule has 1 aliphatic heterocycles. The predicted molar refractivity (Wildman–Crippen MR) is 81.6 cm³/mol. The average molecular weight is 298 g/mol. The number of carbonyl (C=O) groups is 2. The maximum absolute atomic E-state index is 12.1. The Morgan fingerprint density at radius 3 is 2.18 bits per heavy atom. The molecule has 0 amide bonds. The van der Waals surface area contributed by atoms with Gasteiger partial charge in [-0.25, -0.2) is 9.59 Å². The lowest BCUT2D eigenvalue weighted by molar-refractivity contribution is -0.244. The van der Waals surface area contributed by atoms with Gasteiger partial charge in [0, 0.05) is 12.8 Å². The van der Waals surface area contributed by atoms with Crippen molar-refractivity contribution < 1.29 is 19.1 Å². The first-order chi connectivity index (χ1) is 10.7. The smallest absolute Gasteiger partial charge is 0.348 e. The van der Waals surface area contributed by atoms with Crippen molar-refractivity contribution in [2.24, 2.45) is 0 Å². The maximum Gasteiger partial charge on any atom is 0.348 e. The fourth-order valence-electron chi connectivity index (χ4n) is 2.80. The van der Waals surface area contributed by atoms with Gasteiger partial charge < -0.3 is 9.47 Å². The Labute approximate surface area is 129 Å². The molecule has 1 spiro atoms. The fraction of sp³-hybridized carbons (Fsp3) is 0.333. The Bertz CT molecular complexity index is 600. The van der Waals surface area contributed by atoms with Crippen LogP contribution < -0.4 is 0 Å². The number of esters is 2. The maximum atomic E-state index is 12.1. The number of carbonyl (C=O) groups excluding carboxylic acids is 2. The van der Waals surface area contributed by atoms with Crippen LogP contribution in [0, 0.1) is 0 Å². The van der Waals surface area contributed by atoms with Crippen LogP contribution in [0.3, 0.4) is 0 Å². The van der Waals surface area contributed by atoms with Gasteiger partial charge in [0.15, 0.2) is 0 Å². The van der Waals surface area contributed by atoms with E-state index in [1.165, 1.54) is 6.08 Å². The molecule has 0 radical (unpaired) electrons. The SMILES string of the molecule is O=C1OC2(CCCCC2)OC(=O)C1=CC=Cc1ccccc1. The van der Waals surface area contributed by atoms with E-state index < -0.39 is 17.7 Å². The summed E-state index contributed by atoms with van der Waals surface area (Å²) in [5.41, 5.74) is 0.934. The first kappa shape index (κ1) is 14.6. The van der Waals surface area contributed by atoms with Crippen molar-refractivity contribution in [1.82, 2.24) is 0 Å². The van der Waals surface area contributed by atoms with Gasteiger partial charge in [-0.1, -0.05) is 48.9 Å². The van der Waals surface area contributed by atoms with E-state index in [4.69, 9.17) is 9.47 Å². The first-order valence-corrected chi connectivity index (χ1v) is 7.59. The molecular formula is C18H18O4. The number of benzene rings is 1. The van der Waals surface area contributed by atoms with Crippen molar-refractivity contribution in [2.45, 2.75) is 37.9 Å². The number of hydrogen-bond acceptors (Lipinski definition) is 4. The fourth-order valence-corrected chi connectivity index (χ4v) is 2.80. The Morgan fingerprint density at radius 2 is 1.55 bits per heavy atom. The highest BCUT2D eigenvalue weighted by Crippen LogP contribution is 2.36. The summed E-state index contributed by atoms with van der Waals surface area (Å²) in [5.74, 6) is -2.20. The number of ether oxygens (including phenoxy) is 2. The minimum absolute atomic E-state index is 0.0524. The molecule has 1 heterocycles. The van der Waals surface area contributed by atoms with Crippen LogP contribution in [0.2, 0.25) is 0 Å². The van der Waals surface area contributed by atoms with E-state index >= 15 is 0 Å². The molecule has 0 N–H and O–H groups in total. The van der Waals surface area contributed by atoms with Crippen LogP contribution in [-0.4, -0.2) is 17.7 Å². The highest BCUT2D eigenvalue weighted by Gasteiger charge is 2.46. The van der Waals surface area contributed by atoms with Crippen molar-refractivity contribution in [3.05, 3.63) is 53.6 Å². The van der Waals surface area contributed by atoms with Gasteiger partial charge in [-0.3, -0.25) is 0 Å². The van der Waals surface area contributed by atoms with Crippen molar-refractivity contribution in [3.8, 4) is 0 Å². The molecule has 1 saturated heterocycles. The Kier molecular flexibility index (Phi) is 4.09. The zero-order chi connectivity index (χ0) is 15.4. The first-order valence-electron chi connectivity index (χ1n) is 7.59. The van der Waals surface area contributed by atoms with E-state index in [1.807, 2.05) is 36.4 Å². The van der Waals surface area contributed by atoms with E-state index in [9.17, 15) is 9.59 Å². The lowest BCUT2D eigenvalue weighted by Crippen LogP contribution is -2.47. The Balaban J connectivity index is 1.72. The summed E-state index contributed by atoms with van der Waals surface area (Å²) in [7, 11) is 0. The van der Waals surface area contributed by atoms with E-state index in [1.54, 1.807) is 6.08 Å². The molecule has 1 aliphatic carbocycles. The van der Waals surface area contributed by atoms with Gasteiger partial charge in [0.1, 0.15) is 5.57 Å². The van der Waals surface area contributed by atoms with Crippen molar-refractivity contribution in [1.29, 1.82) is 0 Å². The quantitative estimate of drug-likeness (QED) is 0.477. The molecule has 0 unspecified atom stereocenters. The molecule has 22 heavy (non-hydrogen) atoms. The molecule has 114 valence electrons. The minimum atomic E-state index is -1.02. The molecule has 4 nitrogen and oxygen atoms in total. The van der Waals surface area contributed by atoms with Crippen LogP contribution in [0.25, 0.3) is 6.08 Å². The molecule has 2 aliphatic rings. The molecular weight excluding hydrogens is 280 g/mol. The predicted octanol–water partition coefficient (Wildman–Crippen LogP) is 3.39. The van der Waals surface area contributed by atoms with Gasteiger partial charge in [0.05, 0.1) is 0 Å². The minimum Gasteiger partial charge on any atom is -0.419 e. The summed E-state index contributed by atoms with van der Waals surface area (Å²) >= 11 is 0. The van der Waals surface area contributed by atoms with Gasteiger partial charge >= 0.3 is 11.9 Å². The molecule has 1 aromatic rings. The van der Waals surface area contributed by atoms with Gasteiger partial charge in [0.2, 0.25) is 0 Å². The van der Waals surface area contributed by atoms with Crippen LogP contribution in [0.1, 0.15) is 37.7 Å². The third kappa shape index (κ3) is 3.11.